The minimum Gasteiger partial charge on any atom is -0.351 e. The van der Waals surface area contributed by atoms with Crippen molar-refractivity contribution in [1.82, 2.24) is 15.5 Å². The molecule has 144 valence electrons. The number of rotatable bonds is 2. The summed E-state index contributed by atoms with van der Waals surface area (Å²) < 4.78 is 0. The number of anilines is 1. The van der Waals surface area contributed by atoms with Gasteiger partial charge in [-0.15, -0.1) is 0 Å². The molecule has 27 heavy (non-hydrogen) atoms. The first kappa shape index (κ1) is 18.3. The lowest BCUT2D eigenvalue weighted by Gasteiger charge is -2.32. The summed E-state index contributed by atoms with van der Waals surface area (Å²) in [6, 6.07) is 6.11. The normalized spacial score (nSPS) is 25.6. The van der Waals surface area contributed by atoms with Crippen LogP contribution >= 0.6 is 11.8 Å². The van der Waals surface area contributed by atoms with E-state index < -0.39 is 0 Å². The molecule has 3 heterocycles. The number of thioether (sulfide) groups is 1. The van der Waals surface area contributed by atoms with E-state index in [2.05, 4.69) is 31.9 Å². The molecule has 2 amide bonds. The zero-order valence-corrected chi connectivity index (χ0v) is 16.4. The molecule has 1 aromatic carbocycles. The standard InChI is InChI=1S/C19H25N5O2S/c1-11-7-12(2)9-14(8-11)22-17(25)13-3-5-24(6-4-13)19-23-16-15(27-19)18(26)21-10-20-16/h7-9,13,15-16,20H,3-6,10H2,1-2H3,(H,21,26)(H,22,25). The predicted molar refractivity (Wildman–Crippen MR) is 108 cm³/mol. The molecule has 0 bridgehead atoms. The average Bonchev–Trinajstić information content (AvgIpc) is 3.07. The second-order valence-corrected chi connectivity index (χ2v) is 8.55. The first-order valence-electron chi connectivity index (χ1n) is 9.39. The van der Waals surface area contributed by atoms with Gasteiger partial charge >= 0.3 is 0 Å². The first-order chi connectivity index (χ1) is 13.0. The van der Waals surface area contributed by atoms with Gasteiger partial charge in [-0.05, 0) is 49.9 Å². The van der Waals surface area contributed by atoms with Gasteiger partial charge in [0, 0.05) is 24.7 Å². The molecule has 2 atom stereocenters. The van der Waals surface area contributed by atoms with Crippen LogP contribution in [0.25, 0.3) is 0 Å². The molecular formula is C19H25N5O2S. The summed E-state index contributed by atoms with van der Waals surface area (Å²) in [4.78, 5) is 31.5. The van der Waals surface area contributed by atoms with Gasteiger partial charge in [-0.25, -0.2) is 4.99 Å². The average molecular weight is 388 g/mol. The molecule has 0 spiro atoms. The van der Waals surface area contributed by atoms with E-state index in [0.29, 0.717) is 6.67 Å². The third-order valence-electron chi connectivity index (χ3n) is 5.23. The molecule has 3 aliphatic rings. The zero-order valence-electron chi connectivity index (χ0n) is 15.6. The maximum absolute atomic E-state index is 12.6. The molecule has 2 saturated heterocycles. The number of nitrogens with one attached hydrogen (secondary N) is 3. The Morgan fingerprint density at radius 1 is 1.22 bits per heavy atom. The van der Waals surface area contributed by atoms with Crippen LogP contribution in [0.15, 0.2) is 23.2 Å². The Labute approximate surface area is 163 Å². The summed E-state index contributed by atoms with van der Waals surface area (Å²) in [5, 5.41) is 9.83. The number of amides is 2. The van der Waals surface area contributed by atoms with E-state index in [0.717, 1.165) is 47.9 Å². The number of amidine groups is 1. The molecule has 4 rings (SSSR count). The fraction of sp³-hybridized carbons (Fsp3) is 0.526. The minimum atomic E-state index is -0.181. The smallest absolute Gasteiger partial charge is 0.238 e. The summed E-state index contributed by atoms with van der Waals surface area (Å²) in [6.45, 7) is 6.12. The number of fused-ring (bicyclic) bond motifs is 1. The van der Waals surface area contributed by atoms with Crippen molar-refractivity contribution in [2.45, 2.75) is 38.1 Å². The van der Waals surface area contributed by atoms with Crippen LogP contribution in [0, 0.1) is 19.8 Å². The fourth-order valence-electron chi connectivity index (χ4n) is 3.87. The molecule has 0 radical (unpaired) electrons. The summed E-state index contributed by atoms with van der Waals surface area (Å²) in [5.41, 5.74) is 3.17. The highest BCUT2D eigenvalue weighted by molar-refractivity contribution is 8.15. The zero-order chi connectivity index (χ0) is 19.0. The van der Waals surface area contributed by atoms with Gasteiger partial charge in [-0.3, -0.25) is 14.9 Å². The summed E-state index contributed by atoms with van der Waals surface area (Å²) in [5.74, 6) is 0.151. The highest BCUT2D eigenvalue weighted by Gasteiger charge is 2.40. The summed E-state index contributed by atoms with van der Waals surface area (Å²) >= 11 is 1.53. The Hall–Kier alpha value is -2.06. The molecular weight excluding hydrogens is 362 g/mol. The summed E-state index contributed by atoms with van der Waals surface area (Å²) in [6.07, 6.45) is 1.46. The number of hydrogen-bond acceptors (Lipinski definition) is 6. The SMILES string of the molecule is Cc1cc(C)cc(NC(=O)C2CCN(C3=NC4NCNC(=O)C4S3)CC2)c1. The molecule has 3 N–H and O–H groups in total. The second-order valence-electron chi connectivity index (χ2n) is 7.44. The van der Waals surface area contributed by atoms with Gasteiger partial charge in [0.1, 0.15) is 11.4 Å². The lowest BCUT2D eigenvalue weighted by molar-refractivity contribution is -0.122. The molecule has 0 aromatic heterocycles. The lowest BCUT2D eigenvalue weighted by Crippen LogP contribution is -2.54. The van der Waals surface area contributed by atoms with Crippen molar-refractivity contribution in [2.75, 3.05) is 25.1 Å². The third kappa shape index (κ3) is 3.96. The highest BCUT2D eigenvalue weighted by atomic mass is 32.2. The summed E-state index contributed by atoms with van der Waals surface area (Å²) in [7, 11) is 0. The predicted octanol–water partition coefficient (Wildman–Crippen LogP) is 1.43. The number of likely N-dealkylation sites (tertiary alicyclic amines) is 1. The first-order valence-corrected chi connectivity index (χ1v) is 10.3. The number of aliphatic imine (C=N–C) groups is 1. The van der Waals surface area contributed by atoms with Gasteiger partial charge in [0.2, 0.25) is 11.8 Å². The number of benzene rings is 1. The molecule has 0 saturated carbocycles. The molecule has 2 fully saturated rings. The van der Waals surface area contributed by atoms with Crippen LogP contribution in [0.2, 0.25) is 0 Å². The largest absolute Gasteiger partial charge is 0.351 e. The number of hydrogen-bond donors (Lipinski definition) is 3. The molecule has 0 aliphatic carbocycles. The highest BCUT2D eigenvalue weighted by Crippen LogP contribution is 2.31. The number of aryl methyl sites for hydroxylation is 2. The van der Waals surface area contributed by atoms with Crippen molar-refractivity contribution in [1.29, 1.82) is 0 Å². The number of nitrogens with zero attached hydrogens (tertiary/aromatic N) is 2. The van der Waals surface area contributed by atoms with E-state index in [1.54, 1.807) is 0 Å². The van der Waals surface area contributed by atoms with E-state index in [4.69, 9.17) is 0 Å². The molecule has 7 nitrogen and oxygen atoms in total. The van der Waals surface area contributed by atoms with Gasteiger partial charge in [-0.2, -0.15) is 0 Å². The number of carbonyl (C=O) groups excluding carboxylic acids is 2. The van der Waals surface area contributed by atoms with E-state index in [-0.39, 0.29) is 29.1 Å². The van der Waals surface area contributed by atoms with E-state index in [1.165, 1.54) is 11.8 Å². The van der Waals surface area contributed by atoms with Crippen molar-refractivity contribution in [2.24, 2.45) is 10.9 Å². The van der Waals surface area contributed by atoms with Gasteiger partial charge in [0.15, 0.2) is 5.17 Å². The second kappa shape index (κ2) is 7.52. The quantitative estimate of drug-likeness (QED) is 0.715. The molecule has 8 heteroatoms. The van der Waals surface area contributed by atoms with Crippen molar-refractivity contribution in [3.63, 3.8) is 0 Å². The van der Waals surface area contributed by atoms with Crippen molar-refractivity contribution in [3.05, 3.63) is 29.3 Å². The van der Waals surface area contributed by atoms with E-state index in [9.17, 15) is 9.59 Å². The van der Waals surface area contributed by atoms with Crippen LogP contribution in [-0.4, -0.2) is 53.1 Å². The van der Waals surface area contributed by atoms with Crippen LogP contribution in [-0.2, 0) is 9.59 Å². The van der Waals surface area contributed by atoms with Crippen molar-refractivity contribution in [3.8, 4) is 0 Å². The Morgan fingerprint density at radius 2 is 1.93 bits per heavy atom. The van der Waals surface area contributed by atoms with Gasteiger partial charge in [0.05, 0.1) is 6.67 Å². The van der Waals surface area contributed by atoms with E-state index >= 15 is 0 Å². The molecule has 3 aliphatic heterocycles. The topological polar surface area (TPSA) is 85.8 Å². The minimum absolute atomic E-state index is 0.0118. The Kier molecular flexibility index (Phi) is 5.10. The van der Waals surface area contributed by atoms with Crippen LogP contribution in [0.3, 0.4) is 0 Å². The van der Waals surface area contributed by atoms with Crippen LogP contribution in [0.4, 0.5) is 5.69 Å². The van der Waals surface area contributed by atoms with Crippen LogP contribution < -0.4 is 16.0 Å². The molecule has 1 aromatic rings. The van der Waals surface area contributed by atoms with Gasteiger partial charge in [0.25, 0.3) is 0 Å². The van der Waals surface area contributed by atoms with Crippen LogP contribution in [0.1, 0.15) is 24.0 Å². The maximum atomic E-state index is 12.6. The van der Waals surface area contributed by atoms with Gasteiger partial charge < -0.3 is 15.5 Å². The fourth-order valence-corrected chi connectivity index (χ4v) is 5.08. The number of piperidine rings is 1. The molecule has 2 unspecified atom stereocenters. The van der Waals surface area contributed by atoms with E-state index in [1.807, 2.05) is 26.0 Å². The third-order valence-corrected chi connectivity index (χ3v) is 6.53. The number of carbonyl (C=O) groups is 2. The van der Waals surface area contributed by atoms with Gasteiger partial charge in [-0.1, -0.05) is 17.8 Å². The Balaban J connectivity index is 1.32. The lowest BCUT2D eigenvalue weighted by atomic mass is 9.96. The van der Waals surface area contributed by atoms with Crippen molar-refractivity contribution < 1.29 is 9.59 Å². The Morgan fingerprint density at radius 3 is 2.59 bits per heavy atom. The monoisotopic (exact) mass is 387 g/mol. The Bertz CT molecular complexity index is 768. The van der Waals surface area contributed by atoms with Crippen molar-refractivity contribution >= 4 is 34.4 Å². The van der Waals surface area contributed by atoms with Crippen LogP contribution in [0.5, 0.6) is 0 Å². The maximum Gasteiger partial charge on any atom is 0.238 e.